The number of nitrogens with zero attached hydrogens (tertiary/aromatic N) is 5. The minimum atomic E-state index is -0.652. The Hall–Kier alpha value is -4.12. The number of benzene rings is 1. The van der Waals surface area contributed by atoms with Crippen molar-refractivity contribution in [2.45, 2.75) is 76.6 Å². The smallest absolute Gasteiger partial charge is 0.230 e. The Balaban J connectivity index is 1.13. The SMILES string of the molecule is CC(C)(C)n1cc(NC(=O)Cc2ncc(Oc3ncnc4ccc(OC5CC6CCC(C5)N6)cc34)cc2F)cn1. The van der Waals surface area contributed by atoms with Crippen LogP contribution in [0.3, 0.4) is 0 Å². The zero-order valence-corrected chi connectivity index (χ0v) is 22.7. The molecule has 0 saturated carbocycles. The van der Waals surface area contributed by atoms with Crippen LogP contribution in [-0.2, 0) is 16.8 Å². The predicted molar refractivity (Wildman–Crippen MR) is 147 cm³/mol. The van der Waals surface area contributed by atoms with Gasteiger partial charge in [0, 0.05) is 24.3 Å². The minimum absolute atomic E-state index is 0.00670. The molecule has 1 amide bonds. The highest BCUT2D eigenvalue weighted by molar-refractivity contribution is 5.91. The Labute approximate surface area is 231 Å². The maximum absolute atomic E-state index is 14.9. The number of fused-ring (bicyclic) bond motifs is 3. The van der Waals surface area contributed by atoms with Crippen molar-refractivity contribution in [3.8, 4) is 17.4 Å². The quantitative estimate of drug-likeness (QED) is 0.342. The highest BCUT2D eigenvalue weighted by atomic mass is 19.1. The van der Waals surface area contributed by atoms with Gasteiger partial charge >= 0.3 is 0 Å². The molecule has 2 bridgehead atoms. The van der Waals surface area contributed by atoms with Gasteiger partial charge in [-0.15, -0.1) is 0 Å². The van der Waals surface area contributed by atoms with Gasteiger partial charge in [-0.05, 0) is 64.7 Å². The zero-order chi connectivity index (χ0) is 27.9. The van der Waals surface area contributed by atoms with Gasteiger partial charge in [-0.2, -0.15) is 5.10 Å². The molecule has 0 spiro atoms. The predicted octanol–water partition coefficient (Wildman–Crippen LogP) is 4.75. The van der Waals surface area contributed by atoms with Gasteiger partial charge < -0.3 is 20.1 Å². The Morgan fingerprint density at radius 2 is 1.90 bits per heavy atom. The largest absolute Gasteiger partial charge is 0.490 e. The second kappa shape index (κ2) is 10.5. The molecule has 2 aliphatic rings. The highest BCUT2D eigenvalue weighted by Crippen LogP contribution is 2.33. The first kappa shape index (κ1) is 26.1. The Morgan fingerprint density at radius 3 is 2.62 bits per heavy atom. The number of halogens is 1. The van der Waals surface area contributed by atoms with E-state index in [-0.39, 0.29) is 35.4 Å². The number of anilines is 1. The van der Waals surface area contributed by atoms with Crippen LogP contribution in [0, 0.1) is 5.82 Å². The molecule has 10 nitrogen and oxygen atoms in total. The molecule has 2 saturated heterocycles. The molecule has 2 atom stereocenters. The van der Waals surface area contributed by atoms with Gasteiger partial charge in [-0.3, -0.25) is 14.5 Å². The van der Waals surface area contributed by atoms with E-state index in [1.807, 2.05) is 39.0 Å². The van der Waals surface area contributed by atoms with Crippen molar-refractivity contribution in [2.24, 2.45) is 0 Å². The van der Waals surface area contributed by atoms with E-state index < -0.39 is 11.7 Å². The summed E-state index contributed by atoms with van der Waals surface area (Å²) < 4.78 is 28.9. The molecule has 1 aromatic carbocycles. The fraction of sp³-hybridized carbons (Fsp3) is 0.414. The van der Waals surface area contributed by atoms with Gasteiger partial charge in [0.2, 0.25) is 11.8 Å². The third-order valence-electron chi connectivity index (χ3n) is 7.29. The van der Waals surface area contributed by atoms with Gasteiger partial charge in [-0.25, -0.2) is 14.4 Å². The number of carbonyl (C=O) groups excluding carboxylic acids is 1. The molecule has 40 heavy (non-hydrogen) atoms. The number of carbonyl (C=O) groups is 1. The maximum Gasteiger partial charge on any atom is 0.230 e. The lowest BCUT2D eigenvalue weighted by Crippen LogP contribution is -2.42. The summed E-state index contributed by atoms with van der Waals surface area (Å²) >= 11 is 0. The number of aromatic nitrogens is 5. The van der Waals surface area contributed by atoms with Crippen LogP contribution >= 0.6 is 0 Å². The first-order valence-corrected chi connectivity index (χ1v) is 13.5. The maximum atomic E-state index is 14.9. The standard InChI is InChI=1S/C29H32FN7O3/c1-29(2,3)37-15-19(13-34-37)36-27(38)12-26-24(30)11-22(14-31-26)40-28-23-10-20(6-7-25(23)32-16-33-28)39-21-8-17-4-5-18(9-21)35-17/h6-7,10-11,13-18,21,35H,4-5,8-9,12H2,1-3H3,(H,36,38). The van der Waals surface area contributed by atoms with Crippen LogP contribution in [0.5, 0.6) is 17.4 Å². The second-order valence-corrected chi connectivity index (χ2v) is 11.5. The van der Waals surface area contributed by atoms with Crippen molar-refractivity contribution in [2.75, 3.05) is 5.32 Å². The number of hydrogen-bond donors (Lipinski definition) is 2. The highest BCUT2D eigenvalue weighted by Gasteiger charge is 2.34. The topological polar surface area (TPSA) is 116 Å². The monoisotopic (exact) mass is 545 g/mol. The molecule has 2 aliphatic heterocycles. The molecule has 2 fully saturated rings. The number of hydrogen-bond acceptors (Lipinski definition) is 8. The van der Waals surface area contributed by atoms with Crippen LogP contribution in [0.15, 0.2) is 49.2 Å². The molecular weight excluding hydrogens is 513 g/mol. The lowest BCUT2D eigenvalue weighted by molar-refractivity contribution is -0.115. The number of piperidine rings is 1. The van der Waals surface area contributed by atoms with E-state index in [2.05, 4.69) is 30.7 Å². The Morgan fingerprint density at radius 1 is 1.10 bits per heavy atom. The molecule has 2 unspecified atom stereocenters. The average Bonchev–Trinajstić information content (AvgIpc) is 3.52. The number of amides is 1. The van der Waals surface area contributed by atoms with Crippen LogP contribution in [-0.4, -0.2) is 48.8 Å². The molecule has 0 radical (unpaired) electrons. The molecular formula is C29H32FN7O3. The van der Waals surface area contributed by atoms with Gasteiger partial charge in [0.25, 0.3) is 0 Å². The first-order valence-electron chi connectivity index (χ1n) is 13.5. The molecule has 5 heterocycles. The van der Waals surface area contributed by atoms with E-state index >= 15 is 0 Å². The third-order valence-corrected chi connectivity index (χ3v) is 7.29. The number of rotatable bonds is 7. The molecule has 0 aliphatic carbocycles. The fourth-order valence-electron chi connectivity index (χ4n) is 5.32. The molecule has 6 rings (SSSR count). The summed E-state index contributed by atoms with van der Waals surface area (Å²) in [7, 11) is 0. The number of pyridine rings is 1. The Bertz CT molecular complexity index is 1540. The van der Waals surface area contributed by atoms with E-state index in [4.69, 9.17) is 9.47 Å². The average molecular weight is 546 g/mol. The van der Waals surface area contributed by atoms with Crippen LogP contribution < -0.4 is 20.1 Å². The summed E-state index contributed by atoms with van der Waals surface area (Å²) in [6.07, 6.45) is 10.4. The summed E-state index contributed by atoms with van der Waals surface area (Å²) in [5.41, 5.74) is 1.00. The summed E-state index contributed by atoms with van der Waals surface area (Å²) in [4.78, 5) is 25.2. The van der Waals surface area contributed by atoms with E-state index in [0.29, 0.717) is 28.7 Å². The van der Waals surface area contributed by atoms with E-state index in [9.17, 15) is 9.18 Å². The Kier molecular flexibility index (Phi) is 6.83. The molecule has 2 N–H and O–H groups in total. The lowest BCUT2D eigenvalue weighted by atomic mass is 10.0. The summed E-state index contributed by atoms with van der Waals surface area (Å²) in [5.74, 6) is 0.0977. The van der Waals surface area contributed by atoms with Crippen molar-refractivity contribution in [3.63, 3.8) is 0 Å². The normalized spacial score (nSPS) is 20.4. The van der Waals surface area contributed by atoms with Gasteiger partial charge in [-0.1, -0.05) is 0 Å². The summed E-state index contributed by atoms with van der Waals surface area (Å²) in [6.45, 7) is 6.01. The van der Waals surface area contributed by atoms with Gasteiger partial charge in [0.15, 0.2) is 5.75 Å². The number of ether oxygens (including phenoxy) is 2. The zero-order valence-electron chi connectivity index (χ0n) is 22.7. The van der Waals surface area contributed by atoms with E-state index in [1.54, 1.807) is 17.1 Å². The van der Waals surface area contributed by atoms with Crippen LogP contribution in [0.4, 0.5) is 10.1 Å². The summed E-state index contributed by atoms with van der Waals surface area (Å²) in [6, 6.07) is 7.87. The van der Waals surface area contributed by atoms with Crippen molar-refractivity contribution in [1.29, 1.82) is 0 Å². The van der Waals surface area contributed by atoms with E-state index in [0.717, 1.165) is 18.6 Å². The minimum Gasteiger partial charge on any atom is -0.490 e. The molecule has 3 aromatic heterocycles. The van der Waals surface area contributed by atoms with Crippen molar-refractivity contribution < 1.29 is 18.7 Å². The van der Waals surface area contributed by atoms with Crippen molar-refractivity contribution in [1.82, 2.24) is 30.0 Å². The lowest BCUT2D eigenvalue weighted by Gasteiger charge is -2.29. The number of nitrogens with one attached hydrogen (secondary N) is 2. The van der Waals surface area contributed by atoms with E-state index in [1.165, 1.54) is 31.4 Å². The molecule has 208 valence electrons. The second-order valence-electron chi connectivity index (χ2n) is 11.5. The van der Waals surface area contributed by atoms with Crippen LogP contribution in [0.2, 0.25) is 0 Å². The molecule has 4 aromatic rings. The van der Waals surface area contributed by atoms with Crippen molar-refractivity contribution in [3.05, 3.63) is 60.7 Å². The van der Waals surface area contributed by atoms with Crippen molar-refractivity contribution >= 4 is 22.5 Å². The first-order chi connectivity index (χ1) is 19.2. The van der Waals surface area contributed by atoms with Crippen LogP contribution in [0.1, 0.15) is 52.1 Å². The van der Waals surface area contributed by atoms with Gasteiger partial charge in [0.1, 0.15) is 24.0 Å². The van der Waals surface area contributed by atoms with Crippen LogP contribution in [0.25, 0.3) is 10.9 Å². The molecule has 11 heteroatoms. The summed E-state index contributed by atoms with van der Waals surface area (Å²) in [5, 5.41) is 11.3. The third kappa shape index (κ3) is 5.74. The van der Waals surface area contributed by atoms with Gasteiger partial charge in [0.05, 0.1) is 46.6 Å². The fourth-order valence-corrected chi connectivity index (χ4v) is 5.32.